The zero-order chi connectivity index (χ0) is 13.8. The Morgan fingerprint density at radius 1 is 1.25 bits per heavy atom. The average Bonchev–Trinajstić information content (AvgIpc) is 3.15. The van der Waals surface area contributed by atoms with E-state index in [1.165, 1.54) is 11.1 Å². The summed E-state index contributed by atoms with van der Waals surface area (Å²) in [5.41, 5.74) is 2.55. The molecule has 0 bridgehead atoms. The SMILES string of the molecule is O=C(CCc1ccccc1)N1CCC[C@@H]1c1ccsc1. The van der Waals surface area contributed by atoms with Crippen molar-refractivity contribution in [3.8, 4) is 0 Å². The summed E-state index contributed by atoms with van der Waals surface area (Å²) in [4.78, 5) is 14.5. The third-order valence-corrected chi connectivity index (χ3v) is 4.67. The van der Waals surface area contributed by atoms with Crippen molar-refractivity contribution >= 4 is 17.2 Å². The monoisotopic (exact) mass is 285 g/mol. The van der Waals surface area contributed by atoms with Crippen LogP contribution in [0.4, 0.5) is 0 Å². The summed E-state index contributed by atoms with van der Waals surface area (Å²) in [5.74, 6) is 0.294. The van der Waals surface area contributed by atoms with Crippen molar-refractivity contribution < 1.29 is 4.79 Å². The largest absolute Gasteiger partial charge is 0.336 e. The second kappa shape index (κ2) is 6.23. The highest BCUT2D eigenvalue weighted by molar-refractivity contribution is 7.07. The molecule has 1 atom stereocenters. The Kier molecular flexibility index (Phi) is 4.16. The lowest BCUT2D eigenvalue weighted by Crippen LogP contribution is -2.30. The van der Waals surface area contributed by atoms with Gasteiger partial charge in [0.1, 0.15) is 0 Å². The van der Waals surface area contributed by atoms with Crippen LogP contribution in [0.25, 0.3) is 0 Å². The molecule has 3 heteroatoms. The minimum Gasteiger partial charge on any atom is -0.336 e. The van der Waals surface area contributed by atoms with Gasteiger partial charge in [-0.15, -0.1) is 0 Å². The summed E-state index contributed by atoms with van der Waals surface area (Å²) in [6.07, 6.45) is 3.68. The highest BCUT2D eigenvalue weighted by Crippen LogP contribution is 2.33. The lowest BCUT2D eigenvalue weighted by Gasteiger charge is -2.24. The summed E-state index contributed by atoms with van der Waals surface area (Å²) < 4.78 is 0. The third-order valence-electron chi connectivity index (χ3n) is 3.97. The molecule has 0 spiro atoms. The number of hydrogen-bond acceptors (Lipinski definition) is 2. The molecule has 1 aliphatic rings. The molecule has 20 heavy (non-hydrogen) atoms. The van der Waals surface area contributed by atoms with Crippen molar-refractivity contribution in [2.75, 3.05) is 6.54 Å². The highest BCUT2D eigenvalue weighted by atomic mass is 32.1. The Morgan fingerprint density at radius 3 is 2.85 bits per heavy atom. The minimum absolute atomic E-state index is 0.294. The molecule has 104 valence electrons. The minimum atomic E-state index is 0.294. The van der Waals surface area contributed by atoms with E-state index in [4.69, 9.17) is 0 Å². The van der Waals surface area contributed by atoms with Crippen LogP contribution in [0.1, 0.15) is 36.4 Å². The quantitative estimate of drug-likeness (QED) is 0.830. The zero-order valence-electron chi connectivity index (χ0n) is 11.5. The van der Waals surface area contributed by atoms with Gasteiger partial charge in [0.05, 0.1) is 6.04 Å². The van der Waals surface area contributed by atoms with Crippen LogP contribution >= 0.6 is 11.3 Å². The van der Waals surface area contributed by atoms with Gasteiger partial charge in [0, 0.05) is 13.0 Å². The number of aryl methyl sites for hydroxylation is 1. The molecular formula is C17H19NOS. The van der Waals surface area contributed by atoms with Crippen LogP contribution in [0.5, 0.6) is 0 Å². The van der Waals surface area contributed by atoms with Gasteiger partial charge in [-0.05, 0) is 47.2 Å². The van der Waals surface area contributed by atoms with Crippen molar-refractivity contribution in [1.82, 2.24) is 4.90 Å². The molecule has 0 aliphatic carbocycles. The smallest absolute Gasteiger partial charge is 0.223 e. The Hall–Kier alpha value is -1.61. The molecule has 0 radical (unpaired) electrons. The fraction of sp³-hybridized carbons (Fsp3) is 0.353. The maximum Gasteiger partial charge on any atom is 0.223 e. The second-order valence-electron chi connectivity index (χ2n) is 5.29. The van der Waals surface area contributed by atoms with E-state index in [1.807, 2.05) is 18.2 Å². The topological polar surface area (TPSA) is 20.3 Å². The van der Waals surface area contributed by atoms with E-state index in [0.29, 0.717) is 18.4 Å². The van der Waals surface area contributed by atoms with Crippen LogP contribution in [0.2, 0.25) is 0 Å². The maximum absolute atomic E-state index is 12.5. The van der Waals surface area contributed by atoms with E-state index in [9.17, 15) is 4.79 Å². The van der Waals surface area contributed by atoms with Gasteiger partial charge in [0.2, 0.25) is 5.91 Å². The van der Waals surface area contributed by atoms with Gasteiger partial charge >= 0.3 is 0 Å². The first-order chi connectivity index (χ1) is 9.84. The first-order valence-corrected chi connectivity index (χ1v) is 8.14. The number of thiophene rings is 1. The van der Waals surface area contributed by atoms with Gasteiger partial charge in [-0.3, -0.25) is 4.79 Å². The van der Waals surface area contributed by atoms with Gasteiger partial charge < -0.3 is 4.90 Å². The Morgan fingerprint density at radius 2 is 2.10 bits per heavy atom. The van der Waals surface area contributed by atoms with Gasteiger partial charge in [0.25, 0.3) is 0 Å². The summed E-state index contributed by atoms with van der Waals surface area (Å²) in [5, 5.41) is 4.27. The predicted molar refractivity (Wildman–Crippen MR) is 82.8 cm³/mol. The molecule has 0 saturated carbocycles. The summed E-state index contributed by atoms with van der Waals surface area (Å²) in [6, 6.07) is 12.7. The fourth-order valence-corrected chi connectivity index (χ4v) is 3.62. The average molecular weight is 285 g/mol. The Labute approximate surface area is 124 Å². The van der Waals surface area contributed by atoms with E-state index in [-0.39, 0.29) is 0 Å². The van der Waals surface area contributed by atoms with E-state index in [1.54, 1.807) is 11.3 Å². The van der Waals surface area contributed by atoms with Crippen LogP contribution in [-0.2, 0) is 11.2 Å². The number of rotatable bonds is 4. The second-order valence-corrected chi connectivity index (χ2v) is 6.07. The maximum atomic E-state index is 12.5. The summed E-state index contributed by atoms with van der Waals surface area (Å²) >= 11 is 1.71. The first-order valence-electron chi connectivity index (χ1n) is 7.20. The van der Waals surface area contributed by atoms with E-state index in [2.05, 4.69) is 33.9 Å². The van der Waals surface area contributed by atoms with Gasteiger partial charge in [-0.25, -0.2) is 0 Å². The molecule has 2 nitrogen and oxygen atoms in total. The molecule has 1 aromatic carbocycles. The number of hydrogen-bond donors (Lipinski definition) is 0. The zero-order valence-corrected chi connectivity index (χ0v) is 12.3. The van der Waals surface area contributed by atoms with E-state index >= 15 is 0 Å². The van der Waals surface area contributed by atoms with Crippen LogP contribution in [-0.4, -0.2) is 17.4 Å². The molecule has 0 N–H and O–H groups in total. The summed E-state index contributed by atoms with van der Waals surface area (Å²) in [7, 11) is 0. The number of nitrogens with zero attached hydrogens (tertiary/aromatic N) is 1. The summed E-state index contributed by atoms with van der Waals surface area (Å²) in [6.45, 7) is 0.911. The van der Waals surface area contributed by atoms with Crippen molar-refractivity contribution in [3.63, 3.8) is 0 Å². The van der Waals surface area contributed by atoms with Crippen molar-refractivity contribution in [2.24, 2.45) is 0 Å². The number of amides is 1. The van der Waals surface area contributed by atoms with Crippen molar-refractivity contribution in [3.05, 3.63) is 58.3 Å². The molecule has 3 rings (SSSR count). The Bertz CT molecular complexity index is 550. The number of carbonyl (C=O) groups excluding carboxylic acids is 1. The van der Waals surface area contributed by atoms with Gasteiger partial charge in [0.15, 0.2) is 0 Å². The van der Waals surface area contributed by atoms with Crippen LogP contribution in [0.3, 0.4) is 0 Å². The lowest BCUT2D eigenvalue weighted by molar-refractivity contribution is -0.132. The van der Waals surface area contributed by atoms with Crippen molar-refractivity contribution in [2.45, 2.75) is 31.7 Å². The molecular weight excluding hydrogens is 266 g/mol. The first kappa shape index (κ1) is 13.4. The Balaban J connectivity index is 1.62. The standard InChI is InChI=1S/C17H19NOS/c19-17(9-8-14-5-2-1-3-6-14)18-11-4-7-16(18)15-10-12-20-13-15/h1-3,5-6,10,12-13,16H,4,7-9,11H2/t16-/m1/s1. The molecule has 1 amide bonds. The lowest BCUT2D eigenvalue weighted by atomic mass is 10.1. The molecule has 0 unspecified atom stereocenters. The number of carbonyl (C=O) groups is 1. The van der Waals surface area contributed by atoms with Crippen LogP contribution < -0.4 is 0 Å². The van der Waals surface area contributed by atoms with Crippen molar-refractivity contribution in [1.29, 1.82) is 0 Å². The number of benzene rings is 1. The molecule has 1 fully saturated rings. The molecule has 1 aliphatic heterocycles. The fourth-order valence-electron chi connectivity index (χ4n) is 2.92. The van der Waals surface area contributed by atoms with Gasteiger partial charge in [-0.2, -0.15) is 11.3 Å². The molecule has 2 aromatic rings. The van der Waals surface area contributed by atoms with Crippen LogP contribution in [0, 0.1) is 0 Å². The normalized spacial score (nSPS) is 18.4. The third kappa shape index (κ3) is 2.93. The predicted octanol–water partition coefficient (Wildman–Crippen LogP) is 4.04. The van der Waals surface area contributed by atoms with Crippen LogP contribution in [0.15, 0.2) is 47.2 Å². The molecule has 1 saturated heterocycles. The van der Waals surface area contributed by atoms with Gasteiger partial charge in [-0.1, -0.05) is 30.3 Å². The number of likely N-dealkylation sites (tertiary alicyclic amines) is 1. The highest BCUT2D eigenvalue weighted by Gasteiger charge is 2.29. The van der Waals surface area contributed by atoms with E-state index in [0.717, 1.165) is 25.8 Å². The van der Waals surface area contributed by atoms with E-state index < -0.39 is 0 Å². The molecule has 1 aromatic heterocycles. The molecule has 2 heterocycles.